The van der Waals surface area contributed by atoms with Crippen molar-refractivity contribution in [2.75, 3.05) is 26.7 Å². The van der Waals surface area contributed by atoms with E-state index in [1.807, 2.05) is 18.9 Å². The Kier molecular flexibility index (Phi) is 5.09. The second-order valence-corrected chi connectivity index (χ2v) is 4.74. The van der Waals surface area contributed by atoms with Gasteiger partial charge in [0.2, 0.25) is 5.91 Å². The number of hydrogen-bond donors (Lipinski definition) is 1. The number of carbonyl (C=O) groups excluding carboxylic acids is 1. The molecule has 2 atom stereocenters. The van der Waals surface area contributed by atoms with Gasteiger partial charge in [-0.1, -0.05) is 13.8 Å². The lowest BCUT2D eigenvalue weighted by molar-refractivity contribution is -0.134. The van der Waals surface area contributed by atoms with Crippen LogP contribution < -0.4 is 5.32 Å². The van der Waals surface area contributed by atoms with Crippen LogP contribution in [0, 0.1) is 11.8 Å². The maximum Gasteiger partial charge on any atom is 0.225 e. The second-order valence-electron chi connectivity index (χ2n) is 4.74. The molecule has 2 unspecified atom stereocenters. The van der Waals surface area contributed by atoms with Crippen molar-refractivity contribution < 1.29 is 4.79 Å². The summed E-state index contributed by atoms with van der Waals surface area (Å²) in [5.41, 5.74) is 0. The average molecular weight is 212 g/mol. The molecular weight excluding hydrogens is 188 g/mol. The molecule has 1 rings (SSSR count). The molecule has 0 saturated carbocycles. The molecule has 88 valence electrons. The Bertz CT molecular complexity index is 200. The predicted octanol–water partition coefficient (Wildman–Crippen LogP) is 1.49. The molecule has 15 heavy (non-hydrogen) atoms. The van der Waals surface area contributed by atoms with Crippen LogP contribution in [0.2, 0.25) is 0 Å². The van der Waals surface area contributed by atoms with Crippen LogP contribution in [-0.4, -0.2) is 37.5 Å². The Hall–Kier alpha value is -0.570. The molecule has 1 N–H and O–H groups in total. The van der Waals surface area contributed by atoms with E-state index in [9.17, 15) is 4.79 Å². The van der Waals surface area contributed by atoms with Crippen molar-refractivity contribution in [1.82, 2.24) is 10.2 Å². The van der Waals surface area contributed by atoms with Crippen LogP contribution in [0.25, 0.3) is 0 Å². The molecular formula is C12H24N2O. The van der Waals surface area contributed by atoms with E-state index >= 15 is 0 Å². The summed E-state index contributed by atoms with van der Waals surface area (Å²) in [4.78, 5) is 13.8. The highest BCUT2D eigenvalue weighted by atomic mass is 16.2. The fourth-order valence-corrected chi connectivity index (χ4v) is 2.11. The lowest BCUT2D eigenvalue weighted by Gasteiger charge is -2.29. The van der Waals surface area contributed by atoms with E-state index in [1.165, 1.54) is 12.8 Å². The Morgan fingerprint density at radius 1 is 1.60 bits per heavy atom. The molecule has 0 aromatic rings. The van der Waals surface area contributed by atoms with Gasteiger partial charge in [-0.2, -0.15) is 0 Å². The van der Waals surface area contributed by atoms with Crippen LogP contribution in [0.15, 0.2) is 0 Å². The minimum atomic E-state index is 0.173. The molecule has 1 amide bonds. The van der Waals surface area contributed by atoms with Gasteiger partial charge in [0.05, 0.1) is 0 Å². The Morgan fingerprint density at radius 3 is 2.87 bits per heavy atom. The normalized spacial score (nSPS) is 23.5. The Balaban J connectivity index is 2.33. The van der Waals surface area contributed by atoms with Crippen LogP contribution in [0.5, 0.6) is 0 Å². The van der Waals surface area contributed by atoms with Crippen molar-refractivity contribution in [2.45, 2.75) is 33.1 Å². The molecule has 0 aromatic carbocycles. The summed E-state index contributed by atoms with van der Waals surface area (Å²) >= 11 is 0. The van der Waals surface area contributed by atoms with Crippen molar-refractivity contribution in [1.29, 1.82) is 0 Å². The highest BCUT2D eigenvalue weighted by Gasteiger charge is 2.20. The van der Waals surface area contributed by atoms with E-state index in [1.54, 1.807) is 0 Å². The van der Waals surface area contributed by atoms with Gasteiger partial charge < -0.3 is 10.2 Å². The average Bonchev–Trinajstić information content (AvgIpc) is 2.28. The van der Waals surface area contributed by atoms with Crippen LogP contribution in [0.4, 0.5) is 0 Å². The fourth-order valence-electron chi connectivity index (χ4n) is 2.11. The fraction of sp³-hybridized carbons (Fsp3) is 0.917. The third-order valence-corrected chi connectivity index (χ3v) is 3.34. The van der Waals surface area contributed by atoms with Crippen molar-refractivity contribution in [3.05, 3.63) is 0 Å². The summed E-state index contributed by atoms with van der Waals surface area (Å²) in [6.07, 6.45) is 3.44. The van der Waals surface area contributed by atoms with Crippen molar-refractivity contribution in [2.24, 2.45) is 11.8 Å². The van der Waals surface area contributed by atoms with E-state index in [0.717, 1.165) is 26.1 Å². The molecule has 1 fully saturated rings. The van der Waals surface area contributed by atoms with Crippen LogP contribution in [-0.2, 0) is 4.79 Å². The molecule has 0 radical (unpaired) electrons. The van der Waals surface area contributed by atoms with Crippen LogP contribution >= 0.6 is 0 Å². The highest BCUT2D eigenvalue weighted by molar-refractivity contribution is 5.78. The van der Waals surface area contributed by atoms with Crippen molar-refractivity contribution in [3.63, 3.8) is 0 Å². The third-order valence-electron chi connectivity index (χ3n) is 3.34. The number of amides is 1. The van der Waals surface area contributed by atoms with Crippen LogP contribution in [0.3, 0.4) is 0 Å². The minimum absolute atomic E-state index is 0.173. The highest BCUT2D eigenvalue weighted by Crippen LogP contribution is 2.13. The van der Waals surface area contributed by atoms with Crippen molar-refractivity contribution in [3.8, 4) is 0 Å². The monoisotopic (exact) mass is 212 g/mol. The summed E-state index contributed by atoms with van der Waals surface area (Å²) in [5.74, 6) is 1.12. The number of piperidine rings is 1. The van der Waals surface area contributed by atoms with E-state index in [2.05, 4.69) is 12.2 Å². The largest absolute Gasteiger partial charge is 0.345 e. The van der Waals surface area contributed by atoms with E-state index in [0.29, 0.717) is 11.8 Å². The van der Waals surface area contributed by atoms with Gasteiger partial charge in [-0.25, -0.2) is 0 Å². The van der Waals surface area contributed by atoms with Gasteiger partial charge in [-0.05, 0) is 38.3 Å². The molecule has 3 heteroatoms. The quantitative estimate of drug-likeness (QED) is 0.766. The van der Waals surface area contributed by atoms with Gasteiger partial charge in [-0.3, -0.25) is 4.79 Å². The summed E-state index contributed by atoms with van der Waals surface area (Å²) in [5, 5.41) is 3.38. The number of nitrogens with one attached hydrogen (secondary N) is 1. The number of rotatable bonds is 4. The first-order valence-electron chi connectivity index (χ1n) is 6.10. The molecule has 0 aromatic heterocycles. The number of carbonyl (C=O) groups is 1. The second kappa shape index (κ2) is 6.11. The molecule has 1 saturated heterocycles. The maximum absolute atomic E-state index is 11.9. The maximum atomic E-state index is 11.9. The number of hydrogen-bond acceptors (Lipinski definition) is 2. The Labute approximate surface area is 93.2 Å². The zero-order chi connectivity index (χ0) is 11.3. The van der Waals surface area contributed by atoms with Gasteiger partial charge in [0, 0.05) is 19.5 Å². The molecule has 1 aliphatic heterocycles. The first-order chi connectivity index (χ1) is 7.15. The molecule has 1 heterocycles. The smallest absolute Gasteiger partial charge is 0.225 e. The Morgan fingerprint density at radius 2 is 2.33 bits per heavy atom. The van der Waals surface area contributed by atoms with Gasteiger partial charge in [-0.15, -0.1) is 0 Å². The first kappa shape index (κ1) is 12.5. The first-order valence-corrected chi connectivity index (χ1v) is 6.10. The minimum Gasteiger partial charge on any atom is -0.345 e. The van der Waals surface area contributed by atoms with Crippen LogP contribution in [0.1, 0.15) is 33.1 Å². The summed E-state index contributed by atoms with van der Waals surface area (Å²) < 4.78 is 0. The zero-order valence-electron chi connectivity index (χ0n) is 10.3. The zero-order valence-corrected chi connectivity index (χ0v) is 10.3. The topological polar surface area (TPSA) is 32.3 Å². The lowest BCUT2D eigenvalue weighted by Crippen LogP contribution is -2.40. The summed E-state index contributed by atoms with van der Waals surface area (Å²) in [6, 6.07) is 0. The van der Waals surface area contributed by atoms with Gasteiger partial charge in [0.15, 0.2) is 0 Å². The molecule has 0 spiro atoms. The third kappa shape index (κ3) is 3.82. The van der Waals surface area contributed by atoms with Gasteiger partial charge in [0.25, 0.3) is 0 Å². The molecule has 0 aliphatic carbocycles. The van der Waals surface area contributed by atoms with Gasteiger partial charge in [0.1, 0.15) is 0 Å². The molecule has 0 bridgehead atoms. The molecule has 1 aliphatic rings. The standard InChI is InChI=1S/C12H24N2O/c1-4-10(2)12(15)14(3)9-11-6-5-7-13-8-11/h10-11,13H,4-9H2,1-3H3. The van der Waals surface area contributed by atoms with E-state index in [-0.39, 0.29) is 5.92 Å². The lowest BCUT2D eigenvalue weighted by atomic mass is 9.98. The van der Waals surface area contributed by atoms with E-state index in [4.69, 9.17) is 0 Å². The van der Waals surface area contributed by atoms with Gasteiger partial charge >= 0.3 is 0 Å². The SMILES string of the molecule is CCC(C)C(=O)N(C)CC1CCCNC1. The summed E-state index contributed by atoms with van der Waals surface area (Å²) in [6.45, 7) is 7.20. The predicted molar refractivity (Wildman–Crippen MR) is 62.7 cm³/mol. The van der Waals surface area contributed by atoms with E-state index < -0.39 is 0 Å². The molecule has 3 nitrogen and oxygen atoms in total. The van der Waals surface area contributed by atoms with Crippen molar-refractivity contribution >= 4 is 5.91 Å². The number of nitrogens with zero attached hydrogens (tertiary/aromatic N) is 1. The summed E-state index contributed by atoms with van der Waals surface area (Å²) in [7, 11) is 1.93.